The molecule has 1 aromatic heterocycles. The Balaban J connectivity index is 1.41. The molecule has 1 aliphatic heterocycles. The van der Waals surface area contributed by atoms with Crippen molar-refractivity contribution in [3.05, 3.63) is 65.0 Å². The van der Waals surface area contributed by atoms with Crippen LogP contribution in [-0.2, 0) is 16.6 Å². The first kappa shape index (κ1) is 21.4. The van der Waals surface area contributed by atoms with Crippen LogP contribution in [0.3, 0.4) is 0 Å². The Kier molecular flexibility index (Phi) is 5.99. The monoisotopic (exact) mass is 458 g/mol. The molecular weight excluding hydrogens is 436 g/mol. The number of hydrogen-bond donors (Lipinski definition) is 1. The highest BCUT2D eigenvalue weighted by Crippen LogP contribution is 2.36. The molecule has 0 aliphatic carbocycles. The topological polar surface area (TPSA) is 84.9 Å². The van der Waals surface area contributed by atoms with Gasteiger partial charge in [-0.15, -0.1) is 11.3 Å². The Morgan fingerprint density at radius 3 is 2.42 bits per heavy atom. The minimum absolute atomic E-state index is 0.182. The summed E-state index contributed by atoms with van der Waals surface area (Å²) in [5.74, 6) is 1.26. The number of benzene rings is 2. The summed E-state index contributed by atoms with van der Waals surface area (Å²) >= 11 is 1.40. The molecule has 0 saturated carbocycles. The molecule has 0 saturated heterocycles. The molecule has 2 heterocycles. The molecule has 1 aliphatic rings. The number of thiophene rings is 1. The van der Waals surface area contributed by atoms with E-state index in [9.17, 15) is 13.2 Å². The summed E-state index contributed by atoms with van der Waals surface area (Å²) in [4.78, 5) is 14.3. The Labute approximate surface area is 185 Å². The number of nitrogens with one attached hydrogen (secondary N) is 1. The van der Waals surface area contributed by atoms with Gasteiger partial charge in [-0.1, -0.05) is 12.1 Å². The maximum atomic E-state index is 12.6. The van der Waals surface area contributed by atoms with E-state index in [1.165, 1.54) is 29.7 Å². The second kappa shape index (κ2) is 8.70. The third-order valence-electron chi connectivity index (χ3n) is 4.81. The molecule has 0 atom stereocenters. The number of sulfonamides is 1. The van der Waals surface area contributed by atoms with Gasteiger partial charge in [0.25, 0.3) is 5.91 Å². The number of nitrogens with zero attached hydrogens (tertiary/aromatic N) is 1. The van der Waals surface area contributed by atoms with Gasteiger partial charge in [0.1, 0.15) is 13.2 Å². The number of carbonyl (C=O) groups excluding carboxylic acids is 1. The van der Waals surface area contributed by atoms with Gasteiger partial charge in [-0.2, -0.15) is 0 Å². The summed E-state index contributed by atoms with van der Waals surface area (Å²) in [6.07, 6.45) is 0. The van der Waals surface area contributed by atoms with Crippen molar-refractivity contribution in [3.8, 4) is 21.9 Å². The zero-order valence-electron chi connectivity index (χ0n) is 17.1. The molecule has 0 bridgehead atoms. The molecular formula is C22H22N2O5S2. The Bertz CT molecular complexity index is 1200. The highest BCUT2D eigenvalue weighted by molar-refractivity contribution is 7.89. The fourth-order valence-corrected chi connectivity index (χ4v) is 4.89. The quantitative estimate of drug-likeness (QED) is 0.612. The van der Waals surface area contributed by atoms with Gasteiger partial charge in [-0.25, -0.2) is 12.7 Å². The van der Waals surface area contributed by atoms with Crippen molar-refractivity contribution in [3.63, 3.8) is 0 Å². The predicted octanol–water partition coefficient (Wildman–Crippen LogP) is 3.37. The normalized spacial score (nSPS) is 13.3. The number of carbonyl (C=O) groups is 1. The molecule has 31 heavy (non-hydrogen) atoms. The smallest absolute Gasteiger partial charge is 0.261 e. The maximum Gasteiger partial charge on any atom is 0.261 e. The molecule has 0 spiro atoms. The van der Waals surface area contributed by atoms with Gasteiger partial charge in [0.15, 0.2) is 11.5 Å². The van der Waals surface area contributed by atoms with Crippen molar-refractivity contribution in [2.24, 2.45) is 0 Å². The van der Waals surface area contributed by atoms with Crippen molar-refractivity contribution < 1.29 is 22.7 Å². The van der Waals surface area contributed by atoms with Gasteiger partial charge in [0.2, 0.25) is 10.0 Å². The molecule has 2 aromatic carbocycles. The van der Waals surface area contributed by atoms with E-state index >= 15 is 0 Å². The summed E-state index contributed by atoms with van der Waals surface area (Å²) in [5, 5.41) is 2.88. The summed E-state index contributed by atoms with van der Waals surface area (Å²) in [6, 6.07) is 15.9. The van der Waals surface area contributed by atoms with Crippen LogP contribution in [0.25, 0.3) is 10.4 Å². The summed E-state index contributed by atoms with van der Waals surface area (Å²) in [5.41, 5.74) is 1.78. The third kappa shape index (κ3) is 4.58. The summed E-state index contributed by atoms with van der Waals surface area (Å²) in [7, 11) is -0.487. The maximum absolute atomic E-state index is 12.6. The van der Waals surface area contributed by atoms with E-state index < -0.39 is 10.0 Å². The fraction of sp³-hybridized carbons (Fsp3) is 0.227. The number of ether oxygens (including phenoxy) is 2. The van der Waals surface area contributed by atoms with Crippen molar-refractivity contribution in [1.82, 2.24) is 9.62 Å². The number of hydrogen-bond acceptors (Lipinski definition) is 6. The highest BCUT2D eigenvalue weighted by atomic mass is 32.2. The fourth-order valence-electron chi connectivity index (χ4n) is 3.07. The molecule has 0 fully saturated rings. The molecule has 1 amide bonds. The minimum Gasteiger partial charge on any atom is -0.486 e. The number of rotatable bonds is 6. The first-order valence-corrected chi connectivity index (χ1v) is 11.9. The molecule has 3 aromatic rings. The van der Waals surface area contributed by atoms with Gasteiger partial charge in [-0.05, 0) is 53.6 Å². The molecule has 7 nitrogen and oxygen atoms in total. The van der Waals surface area contributed by atoms with E-state index in [0.29, 0.717) is 30.4 Å². The van der Waals surface area contributed by atoms with E-state index in [0.717, 1.165) is 21.8 Å². The van der Waals surface area contributed by atoms with Crippen molar-refractivity contribution >= 4 is 27.3 Å². The van der Waals surface area contributed by atoms with Crippen molar-refractivity contribution in [1.29, 1.82) is 0 Å². The standard InChI is InChI=1S/C22H22N2O5S2/c1-24(2)31(26,27)17-6-3-15(4-7-17)14-23-22(25)21-10-9-20(30-21)16-5-8-18-19(13-16)29-12-11-28-18/h3-10,13H,11-12,14H2,1-2H3,(H,23,25). The van der Waals surface area contributed by atoms with Crippen LogP contribution >= 0.6 is 11.3 Å². The highest BCUT2D eigenvalue weighted by Gasteiger charge is 2.17. The van der Waals surface area contributed by atoms with Gasteiger partial charge in [0, 0.05) is 25.5 Å². The van der Waals surface area contributed by atoms with E-state index in [4.69, 9.17) is 9.47 Å². The zero-order valence-corrected chi connectivity index (χ0v) is 18.8. The Hall–Kier alpha value is -2.88. The van der Waals surface area contributed by atoms with Crippen LogP contribution in [0.5, 0.6) is 11.5 Å². The molecule has 4 rings (SSSR count). The zero-order chi connectivity index (χ0) is 22.0. The molecule has 162 valence electrons. The lowest BCUT2D eigenvalue weighted by Crippen LogP contribution is -2.23. The van der Waals surface area contributed by atoms with Crippen LogP contribution in [0.2, 0.25) is 0 Å². The SMILES string of the molecule is CN(C)S(=O)(=O)c1ccc(CNC(=O)c2ccc(-c3ccc4c(c3)OCCO4)s2)cc1. The molecule has 1 N–H and O–H groups in total. The van der Waals surface area contributed by atoms with E-state index in [-0.39, 0.29) is 10.8 Å². The van der Waals surface area contributed by atoms with Gasteiger partial charge < -0.3 is 14.8 Å². The van der Waals surface area contributed by atoms with Crippen LogP contribution in [0, 0.1) is 0 Å². The predicted molar refractivity (Wildman–Crippen MR) is 119 cm³/mol. The first-order chi connectivity index (χ1) is 14.8. The van der Waals surface area contributed by atoms with Gasteiger partial charge >= 0.3 is 0 Å². The largest absolute Gasteiger partial charge is 0.486 e. The lowest BCUT2D eigenvalue weighted by molar-refractivity contribution is 0.0955. The summed E-state index contributed by atoms with van der Waals surface area (Å²) in [6.45, 7) is 1.37. The average Bonchev–Trinajstić information content (AvgIpc) is 3.28. The average molecular weight is 459 g/mol. The third-order valence-corrected chi connectivity index (χ3v) is 7.77. The lowest BCUT2D eigenvalue weighted by Gasteiger charge is -2.18. The molecule has 9 heteroatoms. The number of amides is 1. The van der Waals surface area contributed by atoms with Crippen LogP contribution < -0.4 is 14.8 Å². The van der Waals surface area contributed by atoms with E-state index in [1.807, 2.05) is 24.3 Å². The lowest BCUT2D eigenvalue weighted by atomic mass is 10.1. The van der Waals surface area contributed by atoms with Crippen molar-refractivity contribution in [2.45, 2.75) is 11.4 Å². The van der Waals surface area contributed by atoms with Crippen LogP contribution in [0.4, 0.5) is 0 Å². The Morgan fingerprint density at radius 2 is 1.71 bits per heavy atom. The van der Waals surface area contributed by atoms with Crippen molar-refractivity contribution in [2.75, 3.05) is 27.3 Å². The second-order valence-corrected chi connectivity index (χ2v) is 10.4. The molecule has 0 radical (unpaired) electrons. The van der Waals surface area contributed by atoms with Gasteiger partial charge in [0.05, 0.1) is 9.77 Å². The van der Waals surface area contributed by atoms with Crippen LogP contribution in [0.15, 0.2) is 59.5 Å². The first-order valence-electron chi connectivity index (χ1n) is 9.64. The van der Waals surface area contributed by atoms with E-state index in [1.54, 1.807) is 30.3 Å². The molecule has 0 unspecified atom stereocenters. The van der Waals surface area contributed by atoms with Crippen LogP contribution in [-0.4, -0.2) is 45.9 Å². The Morgan fingerprint density at radius 1 is 1.00 bits per heavy atom. The second-order valence-electron chi connectivity index (χ2n) is 7.14. The summed E-state index contributed by atoms with van der Waals surface area (Å²) < 4.78 is 36.6. The van der Waals surface area contributed by atoms with Crippen LogP contribution in [0.1, 0.15) is 15.2 Å². The number of fused-ring (bicyclic) bond motifs is 1. The van der Waals surface area contributed by atoms with Gasteiger partial charge in [-0.3, -0.25) is 4.79 Å². The minimum atomic E-state index is -3.47. The van der Waals surface area contributed by atoms with E-state index in [2.05, 4.69) is 5.32 Å².